The fraction of sp³-hybridized carbons (Fsp3) is 0.370. The largest absolute Gasteiger partial charge is 0.462 e. The molecule has 0 fully saturated rings. The third kappa shape index (κ3) is 7.19. The Morgan fingerprint density at radius 1 is 0.968 bits per heavy atom. The monoisotopic (exact) mass is 452 g/mol. The summed E-state index contributed by atoms with van der Waals surface area (Å²) in [5.41, 5.74) is 3.77. The molecule has 0 spiro atoms. The van der Waals surface area contributed by atoms with Gasteiger partial charge in [-0.2, -0.15) is 0 Å². The van der Waals surface area contributed by atoms with Crippen molar-refractivity contribution in [2.45, 2.75) is 59.3 Å². The average Bonchev–Trinajstić information content (AvgIpc) is 3.32. The van der Waals surface area contributed by atoms with Crippen LogP contribution in [0.2, 0.25) is 0 Å². The normalized spacial score (nSPS) is 11.3. The highest BCUT2D eigenvalue weighted by atomic mass is 32.1. The van der Waals surface area contributed by atoms with Gasteiger partial charge in [0.2, 0.25) is 0 Å². The molecular weight excluding hydrogens is 420 g/mol. The van der Waals surface area contributed by atoms with E-state index in [-0.39, 0.29) is 5.97 Å². The number of esters is 1. The Balaban J connectivity index is 1.56. The highest BCUT2D eigenvalue weighted by molar-refractivity contribution is 7.22. The highest BCUT2D eigenvalue weighted by Crippen LogP contribution is 2.39. The van der Waals surface area contributed by atoms with E-state index in [1.165, 1.54) is 62.4 Å². The first kappa shape index (κ1) is 23.5. The number of thiophene rings is 2. The molecule has 3 rings (SSSR count). The van der Waals surface area contributed by atoms with Crippen molar-refractivity contribution < 1.29 is 9.53 Å². The lowest BCUT2D eigenvalue weighted by Crippen LogP contribution is -2.04. The number of carbonyl (C=O) groups excluding carboxylic acids is 1. The van der Waals surface area contributed by atoms with Crippen molar-refractivity contribution in [3.63, 3.8) is 0 Å². The zero-order valence-electron chi connectivity index (χ0n) is 18.8. The molecule has 2 nitrogen and oxygen atoms in total. The molecule has 2 heterocycles. The molecule has 2 aromatic heterocycles. The van der Waals surface area contributed by atoms with Gasteiger partial charge in [0.25, 0.3) is 0 Å². The maximum Gasteiger partial charge on any atom is 0.330 e. The van der Waals surface area contributed by atoms with Gasteiger partial charge in [0.15, 0.2) is 0 Å². The Bertz CT molecular complexity index is 996. The summed E-state index contributed by atoms with van der Waals surface area (Å²) < 4.78 is 5.42. The average molecular weight is 453 g/mol. The van der Waals surface area contributed by atoms with Crippen LogP contribution in [0.4, 0.5) is 0 Å². The summed E-state index contributed by atoms with van der Waals surface area (Å²) in [5, 5.41) is 0. The summed E-state index contributed by atoms with van der Waals surface area (Å²) in [5.74, 6) is -0.291. The van der Waals surface area contributed by atoms with Crippen LogP contribution in [0.25, 0.3) is 15.8 Å². The van der Waals surface area contributed by atoms with Gasteiger partial charge < -0.3 is 4.74 Å². The maximum atomic E-state index is 12.0. The lowest BCUT2D eigenvalue weighted by molar-refractivity contribution is -0.137. The summed E-state index contributed by atoms with van der Waals surface area (Å²) >= 11 is 3.76. The third-order valence-corrected chi connectivity index (χ3v) is 7.67. The second-order valence-corrected chi connectivity index (χ2v) is 10.4. The number of unbranched alkanes of at least 4 members (excludes halogenated alkanes) is 3. The van der Waals surface area contributed by atoms with Crippen molar-refractivity contribution in [3.05, 3.63) is 75.0 Å². The molecule has 0 aliphatic carbocycles. The molecule has 0 atom stereocenters. The van der Waals surface area contributed by atoms with Crippen LogP contribution < -0.4 is 0 Å². The molecule has 0 radical (unpaired) electrons. The van der Waals surface area contributed by atoms with E-state index in [0.29, 0.717) is 6.61 Å². The Kier molecular flexibility index (Phi) is 9.11. The number of carbonyl (C=O) groups is 1. The molecule has 4 heteroatoms. The Morgan fingerprint density at radius 2 is 1.77 bits per heavy atom. The Morgan fingerprint density at radius 3 is 2.55 bits per heavy atom. The fourth-order valence-electron chi connectivity index (χ4n) is 3.62. The van der Waals surface area contributed by atoms with E-state index >= 15 is 0 Å². The van der Waals surface area contributed by atoms with Gasteiger partial charge in [-0.15, -0.1) is 22.7 Å². The molecule has 0 unspecified atom stereocenters. The van der Waals surface area contributed by atoms with Gasteiger partial charge in [0, 0.05) is 32.0 Å². The SMILES string of the molecule is CCCCCCc1cc(C)sc1-c1cc(CCOC(=O)/C=C/c2ccccc2)c(C)s1. The molecule has 0 saturated heterocycles. The van der Waals surface area contributed by atoms with Crippen LogP contribution in [-0.4, -0.2) is 12.6 Å². The molecule has 0 aliphatic rings. The molecular formula is C27H32O2S2. The predicted octanol–water partition coefficient (Wildman–Crippen LogP) is 8.02. The molecule has 0 N–H and O–H groups in total. The first-order valence-electron chi connectivity index (χ1n) is 11.2. The van der Waals surface area contributed by atoms with Gasteiger partial charge >= 0.3 is 5.97 Å². The van der Waals surface area contributed by atoms with E-state index in [2.05, 4.69) is 32.9 Å². The van der Waals surface area contributed by atoms with Gasteiger partial charge in [-0.05, 0) is 61.6 Å². The van der Waals surface area contributed by atoms with E-state index in [1.807, 2.05) is 53.0 Å². The minimum absolute atomic E-state index is 0.291. The summed E-state index contributed by atoms with van der Waals surface area (Å²) in [6, 6.07) is 14.5. The number of hydrogen-bond donors (Lipinski definition) is 0. The lowest BCUT2D eigenvalue weighted by atomic mass is 10.1. The van der Waals surface area contributed by atoms with Gasteiger partial charge in [-0.25, -0.2) is 4.79 Å². The molecule has 0 amide bonds. The van der Waals surface area contributed by atoms with Crippen LogP contribution in [0.1, 0.15) is 59.1 Å². The molecule has 0 bridgehead atoms. The third-order valence-electron chi connectivity index (χ3n) is 5.30. The maximum absolute atomic E-state index is 12.0. The summed E-state index contributed by atoms with van der Waals surface area (Å²) in [4.78, 5) is 17.5. The van der Waals surface area contributed by atoms with Crippen LogP contribution in [-0.2, 0) is 22.4 Å². The smallest absolute Gasteiger partial charge is 0.330 e. The van der Waals surface area contributed by atoms with Crippen molar-refractivity contribution in [1.29, 1.82) is 0 Å². The van der Waals surface area contributed by atoms with Crippen LogP contribution in [0.3, 0.4) is 0 Å². The summed E-state index contributed by atoms with van der Waals surface area (Å²) in [7, 11) is 0. The first-order valence-corrected chi connectivity index (χ1v) is 12.8. The Labute approximate surface area is 194 Å². The predicted molar refractivity (Wildman–Crippen MR) is 135 cm³/mol. The van der Waals surface area contributed by atoms with Gasteiger partial charge in [-0.1, -0.05) is 56.5 Å². The molecule has 3 aromatic rings. The van der Waals surface area contributed by atoms with E-state index in [0.717, 1.165) is 18.4 Å². The fourth-order valence-corrected chi connectivity index (χ4v) is 5.89. The molecule has 164 valence electrons. The second kappa shape index (κ2) is 12.0. The number of benzene rings is 1. The number of rotatable bonds is 11. The van der Waals surface area contributed by atoms with Crippen LogP contribution in [0.15, 0.2) is 48.5 Å². The van der Waals surface area contributed by atoms with Crippen LogP contribution >= 0.6 is 22.7 Å². The van der Waals surface area contributed by atoms with E-state index < -0.39 is 0 Å². The lowest BCUT2D eigenvalue weighted by Gasteiger charge is -2.02. The minimum Gasteiger partial charge on any atom is -0.462 e. The van der Waals surface area contributed by atoms with Crippen molar-refractivity contribution in [2.75, 3.05) is 6.61 Å². The zero-order valence-corrected chi connectivity index (χ0v) is 20.4. The van der Waals surface area contributed by atoms with Crippen molar-refractivity contribution >= 4 is 34.7 Å². The van der Waals surface area contributed by atoms with Crippen molar-refractivity contribution in [3.8, 4) is 9.75 Å². The second-order valence-electron chi connectivity index (χ2n) is 7.88. The van der Waals surface area contributed by atoms with Crippen molar-refractivity contribution in [1.82, 2.24) is 0 Å². The topological polar surface area (TPSA) is 26.3 Å². The van der Waals surface area contributed by atoms with E-state index in [1.54, 1.807) is 6.08 Å². The summed E-state index contributed by atoms with van der Waals surface area (Å²) in [6.07, 6.45) is 10.4. The van der Waals surface area contributed by atoms with Gasteiger partial charge in [0.1, 0.15) is 0 Å². The Hall–Kier alpha value is -2.17. The molecule has 1 aromatic carbocycles. The van der Waals surface area contributed by atoms with Gasteiger partial charge in [0.05, 0.1) is 6.61 Å². The zero-order chi connectivity index (χ0) is 22.1. The quantitative estimate of drug-likeness (QED) is 0.167. The van der Waals surface area contributed by atoms with Crippen LogP contribution in [0.5, 0.6) is 0 Å². The molecule has 31 heavy (non-hydrogen) atoms. The minimum atomic E-state index is -0.291. The first-order chi connectivity index (χ1) is 15.1. The number of hydrogen-bond acceptors (Lipinski definition) is 4. The van der Waals surface area contributed by atoms with E-state index in [4.69, 9.17) is 4.74 Å². The van der Waals surface area contributed by atoms with Gasteiger partial charge in [-0.3, -0.25) is 0 Å². The standard InChI is InChI=1S/C27H32O2S2/c1-4-5-6-10-13-24-18-20(2)30-27(24)25-19-23(21(3)31-25)16-17-29-26(28)15-14-22-11-8-7-9-12-22/h7-9,11-12,14-15,18-19H,4-6,10,13,16-17H2,1-3H3/b15-14+. The number of ether oxygens (including phenoxy) is 1. The number of aryl methyl sites for hydroxylation is 3. The molecule has 0 saturated carbocycles. The summed E-state index contributed by atoms with van der Waals surface area (Å²) in [6.45, 7) is 7.03. The highest BCUT2D eigenvalue weighted by Gasteiger charge is 2.14. The van der Waals surface area contributed by atoms with Crippen LogP contribution in [0, 0.1) is 13.8 Å². The molecule has 0 aliphatic heterocycles. The van der Waals surface area contributed by atoms with Crippen molar-refractivity contribution in [2.24, 2.45) is 0 Å². The van der Waals surface area contributed by atoms with E-state index in [9.17, 15) is 4.79 Å².